The van der Waals surface area contributed by atoms with Gasteiger partial charge >= 0.3 is 0 Å². The number of amides is 1. The number of benzene rings is 1. The molecule has 0 aliphatic heterocycles. The number of carbonyl (C=O) groups is 1. The lowest BCUT2D eigenvalue weighted by Crippen LogP contribution is -2.12. The molecule has 5 nitrogen and oxygen atoms in total. The normalized spacial score (nSPS) is 10.1. The van der Waals surface area contributed by atoms with Crippen molar-refractivity contribution in [3.05, 3.63) is 29.3 Å². The number of hydrogen-bond donors (Lipinski definition) is 3. The summed E-state index contributed by atoms with van der Waals surface area (Å²) in [6.07, 6.45) is 0. The van der Waals surface area contributed by atoms with E-state index >= 15 is 0 Å². The lowest BCUT2D eigenvalue weighted by atomic mass is 10.1. The molecule has 0 saturated heterocycles. The van der Waals surface area contributed by atoms with Crippen molar-refractivity contribution >= 4 is 22.6 Å². The maximum atomic E-state index is 11.1. The Labute approximate surface area is 85.3 Å². The van der Waals surface area contributed by atoms with E-state index in [1.165, 1.54) is 0 Å². The molecule has 1 amide bonds. The molecular formula is C10H8N4O. The molecule has 0 aliphatic rings. The number of aromatic amines is 1. The van der Waals surface area contributed by atoms with E-state index in [1.54, 1.807) is 18.2 Å². The summed E-state index contributed by atoms with van der Waals surface area (Å²) in [6, 6.07) is 6.89. The van der Waals surface area contributed by atoms with Crippen molar-refractivity contribution in [3.8, 4) is 6.07 Å². The molecule has 0 spiro atoms. The number of anilines is 1. The minimum absolute atomic E-state index is 0.229. The molecule has 5 heteroatoms. The number of H-pyrrole nitrogens is 1. The van der Waals surface area contributed by atoms with E-state index in [2.05, 4.69) is 4.98 Å². The first kappa shape index (κ1) is 9.09. The molecule has 2 rings (SSSR count). The number of nitrogens with zero attached hydrogens (tertiary/aromatic N) is 1. The van der Waals surface area contributed by atoms with E-state index in [0.717, 1.165) is 0 Å². The van der Waals surface area contributed by atoms with E-state index in [4.69, 9.17) is 16.7 Å². The van der Waals surface area contributed by atoms with Crippen molar-refractivity contribution in [1.29, 1.82) is 5.26 Å². The lowest BCUT2D eigenvalue weighted by molar-refractivity contribution is 0.100. The molecule has 0 saturated carbocycles. The fraction of sp³-hybridized carbons (Fsp3) is 0. The summed E-state index contributed by atoms with van der Waals surface area (Å²) < 4.78 is 0. The highest BCUT2D eigenvalue weighted by atomic mass is 16.1. The van der Waals surface area contributed by atoms with E-state index < -0.39 is 5.91 Å². The first-order valence-corrected chi connectivity index (χ1v) is 4.24. The van der Waals surface area contributed by atoms with Gasteiger partial charge in [-0.25, -0.2) is 0 Å². The van der Waals surface area contributed by atoms with Crippen LogP contribution in [0.2, 0.25) is 0 Å². The number of hydrogen-bond acceptors (Lipinski definition) is 3. The van der Waals surface area contributed by atoms with Gasteiger partial charge < -0.3 is 16.5 Å². The van der Waals surface area contributed by atoms with Gasteiger partial charge in [0.1, 0.15) is 5.82 Å². The highest BCUT2D eigenvalue weighted by molar-refractivity contribution is 6.10. The van der Waals surface area contributed by atoms with Crippen molar-refractivity contribution in [2.75, 3.05) is 5.73 Å². The van der Waals surface area contributed by atoms with Crippen LogP contribution >= 0.6 is 0 Å². The van der Waals surface area contributed by atoms with Gasteiger partial charge in [-0.2, -0.15) is 5.26 Å². The van der Waals surface area contributed by atoms with Gasteiger partial charge in [0, 0.05) is 10.9 Å². The van der Waals surface area contributed by atoms with Crippen LogP contribution < -0.4 is 11.5 Å². The molecule has 15 heavy (non-hydrogen) atoms. The number of nitriles is 1. The Balaban J connectivity index is 2.81. The molecule has 74 valence electrons. The molecule has 2 aromatic rings. The smallest absolute Gasteiger partial charge is 0.253 e. The van der Waals surface area contributed by atoms with Gasteiger partial charge in [-0.3, -0.25) is 4.79 Å². The zero-order valence-corrected chi connectivity index (χ0v) is 7.74. The number of aromatic nitrogens is 1. The minimum atomic E-state index is -0.580. The second kappa shape index (κ2) is 3.03. The van der Waals surface area contributed by atoms with E-state index in [1.807, 2.05) is 6.07 Å². The molecular weight excluding hydrogens is 192 g/mol. The summed E-state index contributed by atoms with van der Waals surface area (Å²) in [7, 11) is 0. The predicted molar refractivity (Wildman–Crippen MR) is 55.9 cm³/mol. The van der Waals surface area contributed by atoms with Gasteiger partial charge in [0.25, 0.3) is 5.91 Å². The average molecular weight is 200 g/mol. The first-order chi connectivity index (χ1) is 7.13. The molecule has 0 atom stereocenters. The van der Waals surface area contributed by atoms with Crippen molar-refractivity contribution in [2.24, 2.45) is 5.73 Å². The fourth-order valence-corrected chi connectivity index (χ4v) is 1.55. The minimum Gasteiger partial charge on any atom is -0.385 e. The molecule has 0 radical (unpaired) electrons. The van der Waals surface area contributed by atoms with Crippen LogP contribution in [-0.4, -0.2) is 10.9 Å². The number of nitrogens with two attached hydrogens (primary N) is 2. The maximum absolute atomic E-state index is 11.1. The predicted octanol–water partition coefficient (Wildman–Crippen LogP) is 0.721. The molecule has 5 N–H and O–H groups in total. The van der Waals surface area contributed by atoms with Crippen LogP contribution in [0.5, 0.6) is 0 Å². The van der Waals surface area contributed by atoms with Gasteiger partial charge in [-0.1, -0.05) is 6.07 Å². The van der Waals surface area contributed by atoms with E-state index in [0.29, 0.717) is 16.5 Å². The molecule has 1 aromatic heterocycles. The summed E-state index contributed by atoms with van der Waals surface area (Å²) in [5.74, 6) is -0.351. The van der Waals surface area contributed by atoms with Gasteiger partial charge in [-0.05, 0) is 12.1 Å². The molecule has 0 unspecified atom stereocenters. The van der Waals surface area contributed by atoms with Crippen molar-refractivity contribution in [2.45, 2.75) is 0 Å². The standard InChI is InChI=1S/C10H8N4O/c11-4-5-1-2-6-7(3-5)14-9(12)8(6)10(13)15/h1-3,14H,12H2,(H2,13,15). The zero-order chi connectivity index (χ0) is 11.0. The van der Waals surface area contributed by atoms with Crippen molar-refractivity contribution in [1.82, 2.24) is 4.98 Å². The van der Waals surface area contributed by atoms with Crippen molar-refractivity contribution < 1.29 is 4.79 Å². The van der Waals surface area contributed by atoms with Crippen LogP contribution in [0.4, 0.5) is 5.82 Å². The number of fused-ring (bicyclic) bond motifs is 1. The summed E-state index contributed by atoms with van der Waals surface area (Å²) in [5, 5.41) is 9.33. The molecule has 0 aliphatic carbocycles. The number of rotatable bonds is 1. The maximum Gasteiger partial charge on any atom is 0.253 e. The Kier molecular flexibility index (Phi) is 1.83. The van der Waals surface area contributed by atoms with E-state index in [-0.39, 0.29) is 11.4 Å². The topological polar surface area (TPSA) is 109 Å². The average Bonchev–Trinajstić information content (AvgIpc) is 2.52. The fourth-order valence-electron chi connectivity index (χ4n) is 1.55. The van der Waals surface area contributed by atoms with Crippen LogP contribution in [0.25, 0.3) is 10.9 Å². The molecule has 1 heterocycles. The second-order valence-corrected chi connectivity index (χ2v) is 3.15. The van der Waals surface area contributed by atoms with Gasteiger partial charge in [0.05, 0.1) is 17.2 Å². The summed E-state index contributed by atoms with van der Waals surface area (Å²) >= 11 is 0. The molecule has 0 bridgehead atoms. The Morgan fingerprint density at radius 1 is 1.47 bits per heavy atom. The van der Waals surface area contributed by atoms with Crippen LogP contribution in [0, 0.1) is 11.3 Å². The Morgan fingerprint density at radius 3 is 2.80 bits per heavy atom. The Hall–Kier alpha value is -2.48. The highest BCUT2D eigenvalue weighted by Gasteiger charge is 2.13. The second-order valence-electron chi connectivity index (χ2n) is 3.15. The highest BCUT2D eigenvalue weighted by Crippen LogP contribution is 2.24. The Bertz CT molecular complexity index is 591. The quantitative estimate of drug-likeness (QED) is 0.630. The number of primary amides is 1. The third-order valence-corrected chi connectivity index (χ3v) is 2.20. The van der Waals surface area contributed by atoms with Crippen LogP contribution in [0.3, 0.4) is 0 Å². The summed E-state index contributed by atoms with van der Waals surface area (Å²) in [6.45, 7) is 0. The Morgan fingerprint density at radius 2 is 2.20 bits per heavy atom. The van der Waals surface area contributed by atoms with E-state index in [9.17, 15) is 4.79 Å². The van der Waals surface area contributed by atoms with Gasteiger partial charge in [0.15, 0.2) is 0 Å². The molecule has 0 fully saturated rings. The largest absolute Gasteiger partial charge is 0.385 e. The first-order valence-electron chi connectivity index (χ1n) is 4.24. The lowest BCUT2D eigenvalue weighted by Gasteiger charge is -1.93. The molecule has 1 aromatic carbocycles. The van der Waals surface area contributed by atoms with Crippen LogP contribution in [-0.2, 0) is 0 Å². The SMILES string of the molecule is N#Cc1ccc2c(C(N)=O)c(N)[nH]c2c1. The number of nitrogens with one attached hydrogen (secondary N) is 1. The van der Waals surface area contributed by atoms with Crippen molar-refractivity contribution in [3.63, 3.8) is 0 Å². The monoisotopic (exact) mass is 200 g/mol. The third-order valence-electron chi connectivity index (χ3n) is 2.20. The van der Waals surface area contributed by atoms with Gasteiger partial charge in [-0.15, -0.1) is 0 Å². The van der Waals surface area contributed by atoms with Crippen LogP contribution in [0.1, 0.15) is 15.9 Å². The number of nitrogen functional groups attached to an aromatic ring is 1. The van der Waals surface area contributed by atoms with Gasteiger partial charge in [0.2, 0.25) is 0 Å². The summed E-state index contributed by atoms with van der Waals surface area (Å²) in [4.78, 5) is 13.9. The summed E-state index contributed by atoms with van der Waals surface area (Å²) in [5.41, 5.74) is 12.2. The number of carbonyl (C=O) groups excluding carboxylic acids is 1. The zero-order valence-electron chi connectivity index (χ0n) is 7.74. The van der Waals surface area contributed by atoms with Crippen LogP contribution in [0.15, 0.2) is 18.2 Å². The third kappa shape index (κ3) is 1.28.